The fourth-order valence-electron chi connectivity index (χ4n) is 4.47. The summed E-state index contributed by atoms with van der Waals surface area (Å²) in [6.45, 7) is 12.0. The number of imide groups is 2. The van der Waals surface area contributed by atoms with E-state index in [2.05, 4.69) is 0 Å². The van der Waals surface area contributed by atoms with E-state index in [0.717, 1.165) is 20.9 Å². The second-order valence-electron chi connectivity index (χ2n) is 12.5. The molecule has 0 saturated carbocycles. The van der Waals surface area contributed by atoms with Crippen molar-refractivity contribution in [3.8, 4) is 0 Å². The molecule has 0 aliphatic rings. The lowest BCUT2D eigenvalue weighted by Crippen LogP contribution is -2.60. The molecule has 0 aliphatic heterocycles. The summed E-state index contributed by atoms with van der Waals surface area (Å²) >= 11 is 0. The Morgan fingerprint density at radius 2 is 1.30 bits per heavy atom. The summed E-state index contributed by atoms with van der Waals surface area (Å²) in [5.74, 6) is -1.67. The van der Waals surface area contributed by atoms with E-state index >= 15 is 0 Å². The largest absolute Gasteiger partial charge is 0.444 e. The number of nitrogens with two attached hydrogens (primary N) is 2. The van der Waals surface area contributed by atoms with Gasteiger partial charge in [0.05, 0.1) is 24.7 Å². The van der Waals surface area contributed by atoms with Crippen LogP contribution in [0.3, 0.4) is 0 Å². The van der Waals surface area contributed by atoms with Gasteiger partial charge in [0, 0.05) is 0 Å². The molecule has 0 aromatic heterocycles. The third kappa shape index (κ3) is 11.4. The molecule has 10 nitrogen and oxygen atoms in total. The van der Waals surface area contributed by atoms with E-state index in [4.69, 9.17) is 20.9 Å². The quantitative estimate of drug-likeness (QED) is 0.353. The summed E-state index contributed by atoms with van der Waals surface area (Å²) in [6.07, 6.45) is -1.35. The monoisotopic (exact) mass is 596 g/mol. The summed E-state index contributed by atoms with van der Waals surface area (Å²) in [4.78, 5) is 56.4. The molecule has 0 bridgehead atoms. The van der Waals surface area contributed by atoms with Gasteiger partial charge in [-0.2, -0.15) is 0 Å². The van der Waals surface area contributed by atoms with Crippen LogP contribution in [0.4, 0.5) is 9.59 Å². The van der Waals surface area contributed by atoms with Crippen LogP contribution in [-0.2, 0) is 32.1 Å². The van der Waals surface area contributed by atoms with Crippen molar-refractivity contribution >= 4 is 24.0 Å². The molecule has 10 heteroatoms. The average molecular weight is 597 g/mol. The van der Waals surface area contributed by atoms with Gasteiger partial charge in [-0.15, -0.1) is 0 Å². The number of nitrogens with zero attached hydrogens (tertiary/aromatic N) is 2. The maximum absolute atomic E-state index is 13.8. The number of benzene rings is 2. The van der Waals surface area contributed by atoms with Crippen LogP contribution < -0.4 is 11.5 Å². The van der Waals surface area contributed by atoms with E-state index in [1.807, 2.05) is 50.2 Å². The number of hydrogen-bond acceptors (Lipinski definition) is 8. The van der Waals surface area contributed by atoms with Crippen LogP contribution in [0.5, 0.6) is 0 Å². The highest BCUT2D eigenvalue weighted by Gasteiger charge is 2.41. The lowest BCUT2D eigenvalue weighted by atomic mass is 9.98. The zero-order valence-electron chi connectivity index (χ0n) is 26.5. The number of rotatable bonds is 12. The molecule has 2 rings (SSSR count). The minimum atomic E-state index is -1.09. The molecule has 0 unspecified atom stereocenters. The highest BCUT2D eigenvalue weighted by atomic mass is 16.6. The topological polar surface area (TPSA) is 145 Å². The molecule has 43 heavy (non-hydrogen) atoms. The number of hydrogen-bond donors (Lipinski definition) is 2. The van der Waals surface area contributed by atoms with Gasteiger partial charge in [0.2, 0.25) is 11.8 Å². The molecular formula is C33H48N4O6. The first kappa shape index (κ1) is 35.4. The molecule has 3 atom stereocenters. The normalized spacial score (nSPS) is 13.7. The molecule has 0 heterocycles. The Labute approximate surface area is 255 Å². The summed E-state index contributed by atoms with van der Waals surface area (Å²) in [5.41, 5.74) is 13.2. The predicted octanol–water partition coefficient (Wildman–Crippen LogP) is 4.88. The van der Waals surface area contributed by atoms with Gasteiger partial charge in [-0.3, -0.25) is 9.59 Å². The van der Waals surface area contributed by atoms with Crippen LogP contribution >= 0.6 is 0 Å². The van der Waals surface area contributed by atoms with E-state index in [1.54, 1.807) is 58.9 Å². The first-order valence-electron chi connectivity index (χ1n) is 14.7. The zero-order valence-corrected chi connectivity index (χ0v) is 26.5. The Balaban J connectivity index is 2.48. The predicted molar refractivity (Wildman–Crippen MR) is 166 cm³/mol. The van der Waals surface area contributed by atoms with Gasteiger partial charge in [-0.05, 0) is 56.6 Å². The standard InChI is InChI=1S/C33H48N4O6/c1-22(2)18-26(34)30(39)37(32(41)43-33(5,6)7)28(23(3)4)20-36(31(40)42-21-25-16-12-9-13-17-25)29(38)27(35)19-24-14-10-8-11-15-24/h8-17,22-23,26-28H,18-21,34-35H2,1-7H3/t26-,27-,28+/m0/s1. The van der Waals surface area contributed by atoms with Gasteiger partial charge >= 0.3 is 12.2 Å². The van der Waals surface area contributed by atoms with E-state index in [9.17, 15) is 19.2 Å². The van der Waals surface area contributed by atoms with Crippen molar-refractivity contribution in [1.82, 2.24) is 9.80 Å². The number of carbonyl (C=O) groups is 4. The number of carbonyl (C=O) groups excluding carboxylic acids is 4. The molecule has 0 saturated heterocycles. The van der Waals surface area contributed by atoms with Gasteiger partial charge < -0.3 is 20.9 Å². The van der Waals surface area contributed by atoms with Crippen molar-refractivity contribution in [1.29, 1.82) is 0 Å². The SMILES string of the molecule is CC(C)C[C@H](N)C(=O)N(C(=O)OC(C)(C)C)[C@H](CN(C(=O)OCc1ccccc1)C(=O)[C@@H](N)Cc1ccccc1)C(C)C. The zero-order chi connectivity index (χ0) is 32.3. The minimum absolute atomic E-state index is 0.0824. The van der Waals surface area contributed by atoms with Crippen LogP contribution in [0.2, 0.25) is 0 Å². The maximum atomic E-state index is 13.8. The van der Waals surface area contributed by atoms with Crippen molar-refractivity contribution < 1.29 is 28.7 Å². The minimum Gasteiger partial charge on any atom is -0.444 e. The molecular weight excluding hydrogens is 548 g/mol. The van der Waals surface area contributed by atoms with Crippen molar-refractivity contribution in [2.45, 2.75) is 91.6 Å². The smallest absolute Gasteiger partial charge is 0.417 e. The van der Waals surface area contributed by atoms with Gasteiger partial charge in [0.1, 0.15) is 12.2 Å². The molecule has 0 fully saturated rings. The fourth-order valence-corrected chi connectivity index (χ4v) is 4.47. The van der Waals surface area contributed by atoms with Crippen LogP contribution in [0.1, 0.15) is 66.0 Å². The molecule has 0 spiro atoms. The van der Waals surface area contributed by atoms with Gasteiger partial charge in [-0.1, -0.05) is 88.4 Å². The Bertz CT molecular complexity index is 1200. The molecule has 236 valence electrons. The van der Waals surface area contributed by atoms with Crippen molar-refractivity contribution in [3.63, 3.8) is 0 Å². The van der Waals surface area contributed by atoms with E-state index < -0.39 is 53.6 Å². The first-order valence-corrected chi connectivity index (χ1v) is 14.7. The molecule has 2 aromatic carbocycles. The maximum Gasteiger partial charge on any atom is 0.417 e. The summed E-state index contributed by atoms with van der Waals surface area (Å²) in [6, 6.07) is 15.1. The average Bonchev–Trinajstić information content (AvgIpc) is 2.92. The third-order valence-corrected chi connectivity index (χ3v) is 6.65. The fraction of sp³-hybridized carbons (Fsp3) is 0.515. The van der Waals surface area contributed by atoms with Crippen LogP contribution in [0.15, 0.2) is 60.7 Å². The van der Waals surface area contributed by atoms with Crippen molar-refractivity contribution in [3.05, 3.63) is 71.8 Å². The van der Waals surface area contributed by atoms with Crippen LogP contribution in [-0.4, -0.2) is 64.1 Å². The summed E-state index contributed by atoms with van der Waals surface area (Å²) < 4.78 is 11.1. The van der Waals surface area contributed by atoms with E-state index in [1.165, 1.54) is 0 Å². The highest BCUT2D eigenvalue weighted by molar-refractivity contribution is 5.97. The lowest BCUT2D eigenvalue weighted by molar-refractivity contribution is -0.139. The van der Waals surface area contributed by atoms with Crippen molar-refractivity contribution in [2.24, 2.45) is 23.3 Å². The second kappa shape index (κ2) is 16.2. The Kier molecular flexibility index (Phi) is 13.3. The Morgan fingerprint density at radius 1 is 0.767 bits per heavy atom. The summed E-state index contributed by atoms with van der Waals surface area (Å²) in [7, 11) is 0. The van der Waals surface area contributed by atoms with Crippen molar-refractivity contribution in [2.75, 3.05) is 6.54 Å². The van der Waals surface area contributed by atoms with Crippen LogP contribution in [0.25, 0.3) is 0 Å². The molecule has 0 aliphatic carbocycles. The highest BCUT2D eigenvalue weighted by Crippen LogP contribution is 2.21. The van der Waals surface area contributed by atoms with Gasteiger partial charge in [-0.25, -0.2) is 19.4 Å². The molecule has 0 radical (unpaired) electrons. The molecule has 4 N–H and O–H groups in total. The third-order valence-electron chi connectivity index (χ3n) is 6.65. The number of ether oxygens (including phenoxy) is 2. The second-order valence-corrected chi connectivity index (χ2v) is 12.5. The summed E-state index contributed by atoms with van der Waals surface area (Å²) in [5, 5.41) is 0. The van der Waals surface area contributed by atoms with Gasteiger partial charge in [0.25, 0.3) is 0 Å². The molecule has 2 aromatic rings. The van der Waals surface area contributed by atoms with Crippen LogP contribution in [0, 0.1) is 11.8 Å². The van der Waals surface area contributed by atoms with E-state index in [0.29, 0.717) is 6.42 Å². The molecule has 4 amide bonds. The Hall–Kier alpha value is -3.76. The number of amides is 4. The Morgan fingerprint density at radius 3 is 1.79 bits per heavy atom. The first-order chi connectivity index (χ1) is 20.1. The van der Waals surface area contributed by atoms with E-state index in [-0.39, 0.29) is 25.5 Å². The lowest BCUT2D eigenvalue weighted by Gasteiger charge is -2.38. The van der Waals surface area contributed by atoms with Gasteiger partial charge in [0.15, 0.2) is 0 Å².